The van der Waals surface area contributed by atoms with E-state index in [1.54, 1.807) is 0 Å². The van der Waals surface area contributed by atoms with Gasteiger partial charge in [-0.2, -0.15) is 22.8 Å². The molecule has 2 aromatic rings. The summed E-state index contributed by atoms with van der Waals surface area (Å²) < 4.78 is 1.33. The van der Waals surface area contributed by atoms with Gasteiger partial charge in [0, 0.05) is 5.75 Å². The summed E-state index contributed by atoms with van der Waals surface area (Å²) >= 11 is 17.2. The summed E-state index contributed by atoms with van der Waals surface area (Å²) in [6.45, 7) is 0. The van der Waals surface area contributed by atoms with Gasteiger partial charge in [-0.3, -0.25) is 10.2 Å². The minimum Gasteiger partial charge on any atom is -0.258 e. The van der Waals surface area contributed by atoms with Crippen LogP contribution in [-0.4, -0.2) is 26.1 Å². The molecule has 9 heteroatoms. The molecule has 0 atom stereocenters. The van der Waals surface area contributed by atoms with Gasteiger partial charge in [0.05, 0.1) is 5.92 Å². The van der Waals surface area contributed by atoms with Crippen LogP contribution in [0.25, 0.3) is 0 Å². The lowest BCUT2D eigenvalue weighted by Gasteiger charge is -2.04. The molecule has 0 radical (unpaired) electrons. The number of aromatic nitrogens is 4. The third kappa shape index (κ3) is 2.53. The molecule has 0 bridgehead atoms. The smallest absolute Gasteiger partial charge is 0.176 e. The van der Waals surface area contributed by atoms with Crippen LogP contribution in [0, 0.1) is 7.91 Å². The van der Waals surface area contributed by atoms with Crippen molar-refractivity contribution in [2.24, 2.45) is 0 Å². The molecule has 0 amide bonds. The van der Waals surface area contributed by atoms with Gasteiger partial charge < -0.3 is 0 Å². The highest BCUT2D eigenvalue weighted by Gasteiger charge is 2.19. The van der Waals surface area contributed by atoms with Crippen LogP contribution in [0.2, 0.25) is 0 Å². The third-order valence-corrected chi connectivity index (χ3v) is 4.46. The van der Waals surface area contributed by atoms with Crippen molar-refractivity contribution in [2.75, 3.05) is 5.75 Å². The van der Waals surface area contributed by atoms with E-state index in [-0.39, 0.29) is 5.92 Å². The zero-order chi connectivity index (χ0) is 10.8. The molecule has 4 nitrogen and oxygen atoms in total. The Hall–Kier alpha value is -0.0900. The van der Waals surface area contributed by atoms with E-state index in [1.165, 1.54) is 22.7 Å². The molecule has 2 aromatic heterocycles. The summed E-state index contributed by atoms with van der Waals surface area (Å²) in [6.07, 6.45) is 0. The summed E-state index contributed by atoms with van der Waals surface area (Å²) in [4.78, 5) is 0. The molecule has 0 saturated heterocycles. The van der Waals surface area contributed by atoms with Gasteiger partial charge in [0.25, 0.3) is 0 Å². The molecule has 0 unspecified atom stereocenters. The second-order valence-corrected chi connectivity index (χ2v) is 6.40. The molecule has 0 spiro atoms. The molecule has 0 saturated carbocycles. The molecule has 0 aliphatic carbocycles. The standard InChI is InChI=1S/C6H6N4S5/c11-1-2(3-7-9-5(12)14-3)4-8-10-6(13)15-4/h2,11H,1H2,(H,9,12)(H,10,13). The average Bonchev–Trinajstić information content (AvgIpc) is 2.78. The number of rotatable bonds is 3. The SMILES string of the molecule is S=c1[nH]nc(C(CS)c2n[nH]c(=S)s2)s1. The van der Waals surface area contributed by atoms with E-state index < -0.39 is 0 Å². The lowest BCUT2D eigenvalue weighted by atomic mass is 10.2. The molecule has 80 valence electrons. The first-order chi connectivity index (χ1) is 7.20. The van der Waals surface area contributed by atoms with E-state index in [1.807, 2.05) is 0 Å². The van der Waals surface area contributed by atoms with Gasteiger partial charge in [0.1, 0.15) is 10.0 Å². The molecular formula is C6H6N4S5. The maximum Gasteiger partial charge on any atom is 0.176 e. The highest BCUT2D eigenvalue weighted by atomic mass is 32.2. The highest BCUT2D eigenvalue weighted by molar-refractivity contribution is 7.80. The molecule has 2 rings (SSSR count). The Balaban J connectivity index is 2.40. The molecular weight excluding hydrogens is 288 g/mol. The fourth-order valence-corrected chi connectivity index (χ4v) is 3.73. The maximum absolute atomic E-state index is 4.99. The zero-order valence-corrected chi connectivity index (χ0v) is 11.4. The summed E-state index contributed by atoms with van der Waals surface area (Å²) in [5, 5.41) is 15.6. The van der Waals surface area contributed by atoms with Crippen molar-refractivity contribution in [3.63, 3.8) is 0 Å². The normalized spacial score (nSPS) is 11.1. The Morgan fingerprint density at radius 3 is 1.87 bits per heavy atom. The minimum absolute atomic E-state index is 0.0595. The minimum atomic E-state index is 0.0595. The molecule has 2 N–H and O–H groups in total. The highest BCUT2D eigenvalue weighted by Crippen LogP contribution is 2.28. The summed E-state index contributed by atoms with van der Waals surface area (Å²) in [6, 6.07) is 0. The summed E-state index contributed by atoms with van der Waals surface area (Å²) in [5.41, 5.74) is 0. The maximum atomic E-state index is 4.99. The zero-order valence-electron chi connectivity index (χ0n) is 7.26. The predicted molar refractivity (Wildman–Crippen MR) is 70.3 cm³/mol. The third-order valence-electron chi connectivity index (χ3n) is 1.69. The Morgan fingerprint density at radius 2 is 1.60 bits per heavy atom. The van der Waals surface area contributed by atoms with Gasteiger partial charge in [0.2, 0.25) is 0 Å². The molecule has 0 aliphatic rings. The summed E-state index contributed by atoms with van der Waals surface area (Å²) in [5.74, 6) is 0.691. The van der Waals surface area contributed by atoms with Crippen molar-refractivity contribution in [1.29, 1.82) is 0 Å². The molecule has 2 heterocycles. The van der Waals surface area contributed by atoms with Crippen molar-refractivity contribution in [3.8, 4) is 0 Å². The number of nitrogens with one attached hydrogen (secondary N) is 2. The van der Waals surface area contributed by atoms with E-state index in [0.717, 1.165) is 10.0 Å². The number of aromatic amines is 2. The van der Waals surface area contributed by atoms with Crippen LogP contribution in [-0.2, 0) is 0 Å². The molecule has 0 aliphatic heterocycles. The van der Waals surface area contributed by atoms with Crippen LogP contribution in [0.15, 0.2) is 0 Å². The average molecular weight is 294 g/mol. The number of hydrogen-bond acceptors (Lipinski definition) is 7. The lowest BCUT2D eigenvalue weighted by Crippen LogP contribution is -2.02. The van der Waals surface area contributed by atoms with Crippen LogP contribution in [0.5, 0.6) is 0 Å². The number of hydrogen-bond donors (Lipinski definition) is 3. The van der Waals surface area contributed by atoms with Crippen molar-refractivity contribution < 1.29 is 0 Å². The topological polar surface area (TPSA) is 57.4 Å². The Kier molecular flexibility index (Phi) is 3.67. The predicted octanol–water partition coefficient (Wildman–Crippen LogP) is 2.78. The second-order valence-electron chi connectivity index (χ2n) is 2.64. The van der Waals surface area contributed by atoms with Crippen LogP contribution in [0.1, 0.15) is 15.9 Å². The number of nitrogens with zero attached hydrogens (tertiary/aromatic N) is 2. The molecule has 0 aromatic carbocycles. The second kappa shape index (κ2) is 4.83. The van der Waals surface area contributed by atoms with Crippen LogP contribution in [0.3, 0.4) is 0 Å². The molecule has 0 fully saturated rings. The number of thiol groups is 1. The van der Waals surface area contributed by atoms with Crippen molar-refractivity contribution >= 4 is 59.7 Å². The van der Waals surface area contributed by atoms with E-state index >= 15 is 0 Å². The number of H-pyrrole nitrogens is 2. The fourth-order valence-electron chi connectivity index (χ4n) is 1.04. The van der Waals surface area contributed by atoms with Gasteiger partial charge in [0.15, 0.2) is 7.91 Å². The van der Waals surface area contributed by atoms with Gasteiger partial charge in [-0.15, -0.1) is 0 Å². The summed E-state index contributed by atoms with van der Waals surface area (Å²) in [7, 11) is 0. The largest absolute Gasteiger partial charge is 0.258 e. The van der Waals surface area contributed by atoms with Crippen LogP contribution < -0.4 is 0 Å². The Labute approximate surface area is 109 Å². The van der Waals surface area contributed by atoms with E-state index in [0.29, 0.717) is 13.7 Å². The Morgan fingerprint density at radius 1 is 1.13 bits per heavy atom. The van der Waals surface area contributed by atoms with E-state index in [2.05, 4.69) is 33.0 Å². The van der Waals surface area contributed by atoms with E-state index in [4.69, 9.17) is 24.4 Å². The first-order valence-electron chi connectivity index (χ1n) is 3.92. The first-order valence-corrected chi connectivity index (χ1v) is 7.00. The van der Waals surface area contributed by atoms with Crippen molar-refractivity contribution in [1.82, 2.24) is 20.4 Å². The van der Waals surface area contributed by atoms with Crippen LogP contribution in [0.4, 0.5) is 0 Å². The molecule has 15 heavy (non-hydrogen) atoms. The van der Waals surface area contributed by atoms with Crippen LogP contribution >= 0.6 is 59.7 Å². The monoisotopic (exact) mass is 294 g/mol. The Bertz CT molecular complexity index is 500. The van der Waals surface area contributed by atoms with Gasteiger partial charge in [-0.25, -0.2) is 0 Å². The van der Waals surface area contributed by atoms with Gasteiger partial charge in [-0.1, -0.05) is 22.7 Å². The lowest BCUT2D eigenvalue weighted by molar-refractivity contribution is 0.843. The quantitative estimate of drug-likeness (QED) is 0.602. The van der Waals surface area contributed by atoms with Gasteiger partial charge in [-0.05, 0) is 24.4 Å². The first kappa shape index (κ1) is 11.4. The fraction of sp³-hybridized carbons (Fsp3) is 0.333. The van der Waals surface area contributed by atoms with Gasteiger partial charge >= 0.3 is 0 Å². The van der Waals surface area contributed by atoms with Crippen molar-refractivity contribution in [2.45, 2.75) is 5.92 Å². The van der Waals surface area contributed by atoms with Crippen molar-refractivity contribution in [3.05, 3.63) is 17.9 Å². The van der Waals surface area contributed by atoms with E-state index in [9.17, 15) is 0 Å².